The van der Waals surface area contributed by atoms with Gasteiger partial charge in [0.15, 0.2) is 5.75 Å². The van der Waals surface area contributed by atoms with Crippen LogP contribution in [0.15, 0.2) is 65.6 Å². The Bertz CT molecular complexity index is 1130. The van der Waals surface area contributed by atoms with E-state index in [1.54, 1.807) is 24.3 Å². The van der Waals surface area contributed by atoms with Crippen molar-refractivity contribution in [2.45, 2.75) is 25.3 Å². The van der Waals surface area contributed by atoms with Gasteiger partial charge in [0.2, 0.25) is 5.75 Å². The Morgan fingerprint density at radius 1 is 1.00 bits per heavy atom. The monoisotopic (exact) mass is 461 g/mol. The molecule has 0 radical (unpaired) electrons. The Labute approximate surface area is 187 Å². The minimum Gasteiger partial charge on any atom is -0.494 e. The van der Waals surface area contributed by atoms with E-state index in [4.69, 9.17) is 25.3 Å². The van der Waals surface area contributed by atoms with E-state index < -0.39 is 10.1 Å². The Balaban J connectivity index is 1.77. The molecule has 3 rings (SSSR count). The van der Waals surface area contributed by atoms with Crippen LogP contribution in [0.1, 0.15) is 18.1 Å². The van der Waals surface area contributed by atoms with Crippen LogP contribution in [0.4, 0.5) is 5.69 Å². The van der Waals surface area contributed by atoms with Crippen LogP contribution in [0.2, 0.25) is 5.02 Å². The third kappa shape index (κ3) is 5.83. The molecule has 0 spiro atoms. The standard InChI is InChI=1S/C23H24ClNO5S/c1-4-29-19-9-7-18(8-10-19)25-15-17-13-21(24)23(22(14-17)28-3)30-31(26,27)20-11-5-16(2)6-12-20/h5-14,25H,4,15H2,1-3H3. The third-order valence-electron chi connectivity index (χ3n) is 4.45. The highest BCUT2D eigenvalue weighted by molar-refractivity contribution is 7.87. The molecule has 0 saturated carbocycles. The van der Waals surface area contributed by atoms with Crippen molar-refractivity contribution in [1.29, 1.82) is 0 Å². The van der Waals surface area contributed by atoms with Gasteiger partial charge in [-0.3, -0.25) is 0 Å². The average molecular weight is 462 g/mol. The first-order valence-corrected chi connectivity index (χ1v) is 11.5. The molecular weight excluding hydrogens is 438 g/mol. The summed E-state index contributed by atoms with van der Waals surface area (Å²) >= 11 is 6.36. The topological polar surface area (TPSA) is 73.9 Å². The summed E-state index contributed by atoms with van der Waals surface area (Å²) in [6.07, 6.45) is 0. The minimum absolute atomic E-state index is 0.0393. The van der Waals surface area contributed by atoms with E-state index in [1.165, 1.54) is 19.2 Å². The number of halogens is 1. The van der Waals surface area contributed by atoms with Crippen LogP contribution >= 0.6 is 11.6 Å². The summed E-state index contributed by atoms with van der Waals surface area (Å²) in [6, 6.07) is 17.3. The molecule has 0 saturated heterocycles. The summed E-state index contributed by atoms with van der Waals surface area (Å²) in [4.78, 5) is 0.0393. The second-order valence-electron chi connectivity index (χ2n) is 6.77. The van der Waals surface area contributed by atoms with E-state index in [1.807, 2.05) is 38.1 Å². The van der Waals surface area contributed by atoms with Crippen molar-refractivity contribution in [3.05, 3.63) is 76.8 Å². The molecule has 0 atom stereocenters. The number of aryl methyl sites for hydroxylation is 1. The fourth-order valence-electron chi connectivity index (χ4n) is 2.86. The van der Waals surface area contributed by atoms with Crippen molar-refractivity contribution in [2.75, 3.05) is 19.0 Å². The molecular formula is C23H24ClNO5S. The van der Waals surface area contributed by atoms with Crippen LogP contribution < -0.4 is 19.0 Å². The lowest BCUT2D eigenvalue weighted by Gasteiger charge is -2.15. The number of ether oxygens (including phenoxy) is 2. The molecule has 8 heteroatoms. The molecule has 164 valence electrons. The number of hydrogen-bond donors (Lipinski definition) is 1. The second-order valence-corrected chi connectivity index (χ2v) is 8.72. The number of benzene rings is 3. The number of methoxy groups -OCH3 is 1. The second kappa shape index (κ2) is 9.94. The van der Waals surface area contributed by atoms with Crippen LogP contribution in [0.5, 0.6) is 17.2 Å². The van der Waals surface area contributed by atoms with E-state index >= 15 is 0 Å². The maximum absolute atomic E-state index is 12.6. The van der Waals surface area contributed by atoms with Crippen molar-refractivity contribution >= 4 is 27.4 Å². The number of nitrogens with one attached hydrogen (secondary N) is 1. The van der Waals surface area contributed by atoms with Gasteiger partial charge in [0.05, 0.1) is 18.7 Å². The van der Waals surface area contributed by atoms with Gasteiger partial charge in [-0.15, -0.1) is 0 Å². The van der Waals surface area contributed by atoms with Crippen molar-refractivity contribution in [2.24, 2.45) is 0 Å². The predicted octanol–water partition coefficient (Wildman–Crippen LogP) is 5.44. The molecule has 0 aliphatic carbocycles. The van der Waals surface area contributed by atoms with Crippen LogP contribution in [-0.2, 0) is 16.7 Å². The molecule has 3 aromatic rings. The van der Waals surface area contributed by atoms with Gasteiger partial charge in [0, 0.05) is 12.2 Å². The van der Waals surface area contributed by atoms with Crippen molar-refractivity contribution < 1.29 is 22.1 Å². The van der Waals surface area contributed by atoms with Gasteiger partial charge >= 0.3 is 10.1 Å². The molecule has 6 nitrogen and oxygen atoms in total. The molecule has 1 N–H and O–H groups in total. The lowest BCUT2D eigenvalue weighted by atomic mass is 10.2. The van der Waals surface area contributed by atoms with Crippen molar-refractivity contribution in [3.63, 3.8) is 0 Å². The molecule has 0 aliphatic rings. The van der Waals surface area contributed by atoms with Crippen LogP contribution in [0, 0.1) is 6.92 Å². The third-order valence-corrected chi connectivity index (χ3v) is 5.97. The quantitative estimate of drug-likeness (QED) is 0.428. The summed E-state index contributed by atoms with van der Waals surface area (Å²) in [5.41, 5.74) is 2.65. The van der Waals surface area contributed by atoms with Gasteiger partial charge in [-0.2, -0.15) is 8.42 Å². The molecule has 0 heterocycles. The van der Waals surface area contributed by atoms with Crippen LogP contribution in [0.25, 0.3) is 0 Å². The summed E-state index contributed by atoms with van der Waals surface area (Å²) < 4.78 is 41.4. The van der Waals surface area contributed by atoms with Gasteiger partial charge < -0.3 is 19.0 Å². The SMILES string of the molecule is CCOc1ccc(NCc2cc(Cl)c(OS(=O)(=O)c3ccc(C)cc3)c(OC)c2)cc1. The van der Waals surface area contributed by atoms with E-state index in [0.717, 1.165) is 22.6 Å². The summed E-state index contributed by atoms with van der Waals surface area (Å²) in [5, 5.41) is 3.42. The van der Waals surface area contributed by atoms with Gasteiger partial charge in [0.25, 0.3) is 0 Å². The van der Waals surface area contributed by atoms with Gasteiger partial charge in [0.1, 0.15) is 10.6 Å². The van der Waals surface area contributed by atoms with Crippen LogP contribution in [0.3, 0.4) is 0 Å². The van der Waals surface area contributed by atoms with Gasteiger partial charge in [-0.25, -0.2) is 0 Å². The molecule has 0 unspecified atom stereocenters. The lowest BCUT2D eigenvalue weighted by Crippen LogP contribution is -2.11. The molecule has 0 aliphatic heterocycles. The normalized spacial score (nSPS) is 11.1. The van der Waals surface area contributed by atoms with Crippen molar-refractivity contribution in [3.8, 4) is 17.2 Å². The molecule has 0 amide bonds. The predicted molar refractivity (Wildman–Crippen MR) is 122 cm³/mol. The largest absolute Gasteiger partial charge is 0.494 e. The Hall–Kier alpha value is -2.90. The first-order chi connectivity index (χ1) is 14.8. The van der Waals surface area contributed by atoms with E-state index in [2.05, 4.69) is 5.32 Å². The molecule has 0 aromatic heterocycles. The smallest absolute Gasteiger partial charge is 0.339 e. The highest BCUT2D eigenvalue weighted by Gasteiger charge is 2.22. The minimum atomic E-state index is -4.05. The van der Waals surface area contributed by atoms with Gasteiger partial charge in [-0.1, -0.05) is 29.3 Å². The van der Waals surface area contributed by atoms with E-state index in [9.17, 15) is 8.42 Å². The fourth-order valence-corrected chi connectivity index (χ4v) is 4.13. The Morgan fingerprint density at radius 2 is 1.68 bits per heavy atom. The van der Waals surface area contributed by atoms with E-state index in [0.29, 0.717) is 13.2 Å². The summed E-state index contributed by atoms with van der Waals surface area (Å²) in [7, 11) is -2.62. The molecule has 31 heavy (non-hydrogen) atoms. The zero-order chi connectivity index (χ0) is 22.4. The molecule has 3 aromatic carbocycles. The number of hydrogen-bond acceptors (Lipinski definition) is 6. The Kier molecular flexibility index (Phi) is 7.30. The fraction of sp³-hybridized carbons (Fsp3) is 0.217. The lowest BCUT2D eigenvalue weighted by molar-refractivity contribution is 0.340. The maximum atomic E-state index is 12.6. The highest BCUT2D eigenvalue weighted by Crippen LogP contribution is 2.38. The molecule has 0 bridgehead atoms. The zero-order valence-electron chi connectivity index (χ0n) is 17.5. The summed E-state index contributed by atoms with van der Waals surface area (Å²) in [6.45, 7) is 4.87. The first kappa shape index (κ1) is 22.8. The zero-order valence-corrected chi connectivity index (χ0v) is 19.1. The number of anilines is 1. The van der Waals surface area contributed by atoms with Gasteiger partial charge in [-0.05, 0) is 67.9 Å². The van der Waals surface area contributed by atoms with Crippen LogP contribution in [-0.4, -0.2) is 22.1 Å². The molecule has 0 fully saturated rings. The van der Waals surface area contributed by atoms with E-state index in [-0.39, 0.29) is 21.4 Å². The highest BCUT2D eigenvalue weighted by atomic mass is 35.5. The Morgan fingerprint density at radius 3 is 2.29 bits per heavy atom. The first-order valence-electron chi connectivity index (χ1n) is 9.66. The maximum Gasteiger partial charge on any atom is 0.339 e. The average Bonchev–Trinajstić information content (AvgIpc) is 2.75. The number of rotatable bonds is 9. The summed E-state index contributed by atoms with van der Waals surface area (Å²) in [5.74, 6) is 0.982. The van der Waals surface area contributed by atoms with Crippen molar-refractivity contribution in [1.82, 2.24) is 0 Å².